The Balaban J connectivity index is 2.46. The number of nitrogens with zero attached hydrogens (tertiary/aromatic N) is 1. The Hall–Kier alpha value is -1.58. The van der Waals surface area contributed by atoms with Crippen LogP contribution in [0.3, 0.4) is 0 Å². The lowest BCUT2D eigenvalue weighted by Gasteiger charge is -2.14. The van der Waals surface area contributed by atoms with Gasteiger partial charge in [0.25, 0.3) is 5.56 Å². The van der Waals surface area contributed by atoms with Gasteiger partial charge in [-0.05, 0) is 38.2 Å². The third kappa shape index (κ3) is 2.07. The normalized spacial score (nSPS) is 21.9. The minimum atomic E-state index is -0.952. The molecule has 2 rings (SSSR count). The topological polar surface area (TPSA) is 59.3 Å². The van der Waals surface area contributed by atoms with E-state index in [2.05, 4.69) is 6.92 Å². The van der Waals surface area contributed by atoms with E-state index in [1.807, 2.05) is 0 Å². The van der Waals surface area contributed by atoms with Crippen LogP contribution in [0.5, 0.6) is 0 Å². The zero-order chi connectivity index (χ0) is 13.4. The predicted molar refractivity (Wildman–Crippen MR) is 69.2 cm³/mol. The fourth-order valence-corrected chi connectivity index (χ4v) is 2.86. The lowest BCUT2D eigenvalue weighted by Crippen LogP contribution is -2.25. The molecule has 2 unspecified atom stereocenters. The minimum absolute atomic E-state index is 0.0707. The molecule has 0 spiro atoms. The van der Waals surface area contributed by atoms with Crippen LogP contribution < -0.4 is 5.56 Å². The van der Waals surface area contributed by atoms with Crippen molar-refractivity contribution in [1.29, 1.82) is 0 Å². The first-order valence-electron chi connectivity index (χ1n) is 6.43. The van der Waals surface area contributed by atoms with Crippen LogP contribution in [0.1, 0.15) is 53.8 Å². The van der Waals surface area contributed by atoms with E-state index in [0.717, 1.165) is 19.3 Å². The van der Waals surface area contributed by atoms with Crippen molar-refractivity contribution in [1.82, 2.24) is 4.57 Å². The van der Waals surface area contributed by atoms with Gasteiger partial charge in [0.05, 0.1) is 5.56 Å². The van der Waals surface area contributed by atoms with Crippen molar-refractivity contribution in [2.75, 3.05) is 0 Å². The van der Waals surface area contributed by atoms with E-state index in [4.69, 9.17) is 0 Å². The van der Waals surface area contributed by atoms with Crippen molar-refractivity contribution < 1.29 is 9.90 Å². The first-order chi connectivity index (χ1) is 8.47. The van der Waals surface area contributed by atoms with E-state index in [1.54, 1.807) is 18.4 Å². The average molecular weight is 249 g/mol. The molecule has 1 aliphatic rings. The van der Waals surface area contributed by atoms with Crippen molar-refractivity contribution in [3.63, 3.8) is 0 Å². The van der Waals surface area contributed by atoms with Crippen molar-refractivity contribution in [2.45, 2.75) is 46.1 Å². The predicted octanol–water partition coefficient (Wildman–Crippen LogP) is 2.52. The number of aryl methyl sites for hydroxylation is 1. The first kappa shape index (κ1) is 12.9. The van der Waals surface area contributed by atoms with Crippen LogP contribution >= 0.6 is 0 Å². The van der Waals surface area contributed by atoms with E-state index < -0.39 is 5.97 Å². The van der Waals surface area contributed by atoms with E-state index >= 15 is 0 Å². The van der Waals surface area contributed by atoms with Crippen LogP contribution in [0.2, 0.25) is 0 Å². The molecule has 1 heterocycles. The number of rotatable bonds is 4. The Kier molecular flexibility index (Phi) is 3.28. The molecule has 2 atom stereocenters. The molecule has 0 saturated heterocycles. The summed E-state index contributed by atoms with van der Waals surface area (Å²) in [7, 11) is 0. The van der Waals surface area contributed by atoms with Crippen LogP contribution in [-0.2, 0) is 0 Å². The third-order valence-electron chi connectivity index (χ3n) is 3.79. The van der Waals surface area contributed by atoms with E-state index in [1.165, 1.54) is 6.07 Å². The monoisotopic (exact) mass is 249 g/mol. The van der Waals surface area contributed by atoms with Gasteiger partial charge in [-0.1, -0.05) is 13.3 Å². The lowest BCUT2D eigenvalue weighted by atomic mass is 10.1. The highest BCUT2D eigenvalue weighted by molar-refractivity contribution is 5.90. The molecule has 4 heteroatoms. The summed E-state index contributed by atoms with van der Waals surface area (Å²) in [5, 5.41) is 9.22. The van der Waals surface area contributed by atoms with Gasteiger partial charge in [-0.2, -0.15) is 0 Å². The molecule has 0 amide bonds. The number of carboxylic acid groups (broad SMARTS) is 1. The second-order valence-corrected chi connectivity index (χ2v) is 5.15. The van der Waals surface area contributed by atoms with Gasteiger partial charge in [-0.3, -0.25) is 4.79 Å². The van der Waals surface area contributed by atoms with E-state index in [9.17, 15) is 14.7 Å². The summed E-state index contributed by atoms with van der Waals surface area (Å²) in [4.78, 5) is 23.3. The Labute approximate surface area is 106 Å². The van der Waals surface area contributed by atoms with Crippen LogP contribution in [0.4, 0.5) is 0 Å². The number of aromatic carboxylic acids is 1. The van der Waals surface area contributed by atoms with Crippen molar-refractivity contribution >= 4 is 5.97 Å². The smallest absolute Gasteiger partial charge is 0.337 e. The fraction of sp³-hybridized carbons (Fsp3) is 0.571. The molecular formula is C14H19NO3. The van der Waals surface area contributed by atoms with Gasteiger partial charge < -0.3 is 9.67 Å². The quantitative estimate of drug-likeness (QED) is 0.892. The van der Waals surface area contributed by atoms with E-state index in [0.29, 0.717) is 17.2 Å². The van der Waals surface area contributed by atoms with Crippen LogP contribution in [0, 0.1) is 19.8 Å². The van der Waals surface area contributed by atoms with Gasteiger partial charge in [-0.25, -0.2) is 4.79 Å². The lowest BCUT2D eigenvalue weighted by molar-refractivity contribution is 0.0694. The SMILES string of the molecule is CCCC1CC1n1c(C)c(C(=O)O)c(C)cc1=O. The number of hydrogen-bond acceptors (Lipinski definition) is 2. The fourth-order valence-electron chi connectivity index (χ4n) is 2.86. The summed E-state index contributed by atoms with van der Waals surface area (Å²) in [5.41, 5.74) is 1.35. The Morgan fingerprint density at radius 1 is 1.50 bits per heavy atom. The van der Waals surface area contributed by atoms with Crippen LogP contribution in [-0.4, -0.2) is 15.6 Å². The van der Waals surface area contributed by atoms with Crippen molar-refractivity contribution in [3.05, 3.63) is 33.2 Å². The number of carbonyl (C=O) groups is 1. The van der Waals surface area contributed by atoms with Gasteiger partial charge in [0, 0.05) is 17.8 Å². The third-order valence-corrected chi connectivity index (χ3v) is 3.79. The van der Waals surface area contributed by atoms with Crippen molar-refractivity contribution in [2.24, 2.45) is 5.92 Å². The standard InChI is InChI=1S/C14H19NO3/c1-4-5-10-7-11(10)15-9(3)13(14(17)18)8(2)6-12(15)16/h6,10-11H,4-5,7H2,1-3H3,(H,17,18). The van der Waals surface area contributed by atoms with Crippen LogP contribution in [0.15, 0.2) is 10.9 Å². The Morgan fingerprint density at radius 2 is 2.17 bits per heavy atom. The molecule has 18 heavy (non-hydrogen) atoms. The molecule has 0 bridgehead atoms. The van der Waals surface area contributed by atoms with Gasteiger partial charge in [0.2, 0.25) is 0 Å². The average Bonchev–Trinajstić information content (AvgIpc) is 2.96. The zero-order valence-corrected chi connectivity index (χ0v) is 11.1. The molecule has 0 aromatic carbocycles. The summed E-state index contributed by atoms with van der Waals surface area (Å²) in [5.74, 6) is -0.415. The molecule has 1 aromatic heterocycles. The molecule has 1 aliphatic carbocycles. The number of hydrogen-bond donors (Lipinski definition) is 1. The summed E-state index contributed by atoms with van der Waals surface area (Å²) in [6, 6.07) is 1.65. The van der Waals surface area contributed by atoms with Gasteiger partial charge in [-0.15, -0.1) is 0 Å². The number of pyridine rings is 1. The second-order valence-electron chi connectivity index (χ2n) is 5.15. The summed E-state index contributed by atoms with van der Waals surface area (Å²) in [6.45, 7) is 5.54. The summed E-state index contributed by atoms with van der Waals surface area (Å²) < 4.78 is 1.68. The molecule has 4 nitrogen and oxygen atoms in total. The summed E-state index contributed by atoms with van der Waals surface area (Å²) in [6.07, 6.45) is 3.20. The molecule has 1 fully saturated rings. The highest BCUT2D eigenvalue weighted by Gasteiger charge is 2.39. The zero-order valence-electron chi connectivity index (χ0n) is 11.1. The molecule has 1 N–H and O–H groups in total. The molecular weight excluding hydrogens is 230 g/mol. The number of carboxylic acids is 1. The van der Waals surface area contributed by atoms with Gasteiger partial charge in [0.1, 0.15) is 0 Å². The maximum Gasteiger partial charge on any atom is 0.337 e. The molecule has 0 radical (unpaired) electrons. The Morgan fingerprint density at radius 3 is 2.72 bits per heavy atom. The minimum Gasteiger partial charge on any atom is -0.478 e. The van der Waals surface area contributed by atoms with E-state index in [-0.39, 0.29) is 17.2 Å². The highest BCUT2D eigenvalue weighted by atomic mass is 16.4. The van der Waals surface area contributed by atoms with Crippen LogP contribution in [0.25, 0.3) is 0 Å². The first-order valence-corrected chi connectivity index (χ1v) is 6.43. The Bertz CT molecular complexity index is 545. The highest BCUT2D eigenvalue weighted by Crippen LogP contribution is 2.46. The van der Waals surface area contributed by atoms with Crippen molar-refractivity contribution in [3.8, 4) is 0 Å². The molecule has 0 aliphatic heterocycles. The molecule has 98 valence electrons. The second kappa shape index (κ2) is 4.59. The maximum atomic E-state index is 12.0. The maximum absolute atomic E-state index is 12.0. The number of aromatic nitrogens is 1. The molecule has 1 saturated carbocycles. The van der Waals surface area contributed by atoms with Gasteiger partial charge >= 0.3 is 5.97 Å². The molecule has 1 aromatic rings. The van der Waals surface area contributed by atoms with Gasteiger partial charge in [0.15, 0.2) is 0 Å². The summed E-state index contributed by atoms with van der Waals surface area (Å²) >= 11 is 0. The largest absolute Gasteiger partial charge is 0.478 e.